The molecule has 1 aromatic carbocycles. The molecule has 0 radical (unpaired) electrons. The molecule has 0 aliphatic carbocycles. The highest BCUT2D eigenvalue weighted by atomic mass is 16.2. The largest absolute Gasteiger partial charge is 0.399 e. The van der Waals surface area contributed by atoms with E-state index in [0.29, 0.717) is 6.42 Å². The molecule has 0 bridgehead atoms. The Kier molecular flexibility index (Phi) is 3.55. The van der Waals surface area contributed by atoms with Gasteiger partial charge in [0.15, 0.2) is 0 Å². The van der Waals surface area contributed by atoms with Crippen molar-refractivity contribution < 1.29 is 5.11 Å². The van der Waals surface area contributed by atoms with E-state index in [9.17, 15) is 0 Å². The van der Waals surface area contributed by atoms with Crippen LogP contribution in [0.3, 0.4) is 0 Å². The van der Waals surface area contributed by atoms with Crippen molar-refractivity contribution in [2.75, 3.05) is 12.3 Å². The van der Waals surface area contributed by atoms with Crippen molar-refractivity contribution in [3.63, 3.8) is 0 Å². The van der Waals surface area contributed by atoms with E-state index in [1.54, 1.807) is 0 Å². The van der Waals surface area contributed by atoms with Crippen molar-refractivity contribution in [3.8, 4) is 11.8 Å². The third-order valence-corrected chi connectivity index (χ3v) is 2.07. The van der Waals surface area contributed by atoms with Crippen LogP contribution in [0.1, 0.15) is 23.1 Å². The number of aliphatic hydroxyl groups excluding tert-OH is 1. The topological polar surface area (TPSA) is 46.2 Å². The van der Waals surface area contributed by atoms with Crippen molar-refractivity contribution in [2.45, 2.75) is 20.3 Å². The molecule has 0 fully saturated rings. The molecular formula is C12H15NO. The summed E-state index contributed by atoms with van der Waals surface area (Å²) < 4.78 is 0. The number of aryl methyl sites for hydroxylation is 2. The molecule has 0 aliphatic heterocycles. The van der Waals surface area contributed by atoms with Gasteiger partial charge in [-0.1, -0.05) is 11.8 Å². The monoisotopic (exact) mass is 189 g/mol. The summed E-state index contributed by atoms with van der Waals surface area (Å²) in [5, 5.41) is 8.59. The zero-order chi connectivity index (χ0) is 10.6. The fraction of sp³-hybridized carbons (Fsp3) is 0.333. The Morgan fingerprint density at radius 1 is 1.29 bits per heavy atom. The van der Waals surface area contributed by atoms with Gasteiger partial charge in [-0.3, -0.25) is 0 Å². The van der Waals surface area contributed by atoms with Crippen LogP contribution in [0.25, 0.3) is 0 Å². The number of aliphatic hydroxyl groups is 1. The van der Waals surface area contributed by atoms with Gasteiger partial charge in [-0.15, -0.1) is 0 Å². The summed E-state index contributed by atoms with van der Waals surface area (Å²) >= 11 is 0. The number of anilines is 1. The number of rotatable bonds is 1. The van der Waals surface area contributed by atoms with E-state index in [-0.39, 0.29) is 6.61 Å². The third kappa shape index (κ3) is 2.51. The Labute approximate surface area is 84.8 Å². The first kappa shape index (κ1) is 10.6. The van der Waals surface area contributed by atoms with Gasteiger partial charge in [0.25, 0.3) is 0 Å². The Bertz CT molecular complexity index is 385. The first-order chi connectivity index (χ1) is 6.65. The first-order valence-corrected chi connectivity index (χ1v) is 4.61. The molecule has 0 saturated carbocycles. The number of benzene rings is 1. The molecule has 1 rings (SSSR count). The van der Waals surface area contributed by atoms with Crippen molar-refractivity contribution >= 4 is 5.69 Å². The number of hydrogen-bond donors (Lipinski definition) is 2. The van der Waals surface area contributed by atoms with Crippen molar-refractivity contribution in [2.24, 2.45) is 0 Å². The molecule has 2 heteroatoms. The molecule has 74 valence electrons. The maximum Gasteiger partial charge on any atom is 0.0540 e. The lowest BCUT2D eigenvalue weighted by Gasteiger charge is -2.03. The zero-order valence-electron chi connectivity index (χ0n) is 8.59. The quantitative estimate of drug-likeness (QED) is 0.521. The van der Waals surface area contributed by atoms with Gasteiger partial charge in [0.2, 0.25) is 0 Å². The van der Waals surface area contributed by atoms with E-state index >= 15 is 0 Å². The van der Waals surface area contributed by atoms with Crippen LogP contribution < -0.4 is 5.73 Å². The maximum absolute atomic E-state index is 8.59. The minimum atomic E-state index is 0.111. The Balaban J connectivity index is 3.00. The molecule has 14 heavy (non-hydrogen) atoms. The van der Waals surface area contributed by atoms with Gasteiger partial charge in [-0.25, -0.2) is 0 Å². The van der Waals surface area contributed by atoms with Gasteiger partial charge < -0.3 is 10.8 Å². The second-order valence-electron chi connectivity index (χ2n) is 3.30. The molecule has 3 N–H and O–H groups in total. The standard InChI is InChI=1S/C12H15NO/c1-9-8-12(13)10(2)7-11(9)5-3-4-6-14/h7-8,14H,4,6,13H2,1-2H3. The normalized spacial score (nSPS) is 9.36. The molecule has 0 amide bonds. The van der Waals surface area contributed by atoms with Crippen LogP contribution >= 0.6 is 0 Å². The van der Waals surface area contributed by atoms with Crippen LogP contribution in [0.4, 0.5) is 5.69 Å². The summed E-state index contributed by atoms with van der Waals surface area (Å²) in [7, 11) is 0. The highest BCUT2D eigenvalue weighted by molar-refractivity contribution is 5.55. The number of nitrogen functional groups attached to an aromatic ring is 1. The third-order valence-electron chi connectivity index (χ3n) is 2.07. The van der Waals surface area contributed by atoms with Crippen LogP contribution in [0, 0.1) is 25.7 Å². The van der Waals surface area contributed by atoms with Crippen molar-refractivity contribution in [3.05, 3.63) is 28.8 Å². The van der Waals surface area contributed by atoms with E-state index in [1.165, 1.54) is 0 Å². The SMILES string of the molecule is Cc1cc(C#CCCO)c(C)cc1N. The van der Waals surface area contributed by atoms with Gasteiger partial charge in [0, 0.05) is 17.7 Å². The van der Waals surface area contributed by atoms with Gasteiger partial charge in [0.05, 0.1) is 6.61 Å². The average Bonchev–Trinajstić information content (AvgIpc) is 2.14. The summed E-state index contributed by atoms with van der Waals surface area (Å²) in [6, 6.07) is 3.91. The molecule has 1 aromatic rings. The highest BCUT2D eigenvalue weighted by Gasteiger charge is 1.98. The highest BCUT2D eigenvalue weighted by Crippen LogP contribution is 2.16. The summed E-state index contributed by atoms with van der Waals surface area (Å²) in [4.78, 5) is 0. The fourth-order valence-corrected chi connectivity index (χ4v) is 1.19. The van der Waals surface area contributed by atoms with Gasteiger partial charge in [-0.2, -0.15) is 0 Å². The van der Waals surface area contributed by atoms with Crippen molar-refractivity contribution in [1.82, 2.24) is 0 Å². The van der Waals surface area contributed by atoms with E-state index in [4.69, 9.17) is 10.8 Å². The van der Waals surface area contributed by atoms with Gasteiger partial charge in [0.1, 0.15) is 0 Å². The summed E-state index contributed by atoms with van der Waals surface area (Å²) in [5.74, 6) is 5.91. The molecule has 0 aromatic heterocycles. The fourth-order valence-electron chi connectivity index (χ4n) is 1.19. The van der Waals surface area contributed by atoms with Crippen molar-refractivity contribution in [1.29, 1.82) is 0 Å². The summed E-state index contributed by atoms with van der Waals surface area (Å²) in [6.07, 6.45) is 0.517. The lowest BCUT2D eigenvalue weighted by Crippen LogP contribution is -1.93. The smallest absolute Gasteiger partial charge is 0.0540 e. The van der Waals surface area contributed by atoms with Crippen LogP contribution in [0.5, 0.6) is 0 Å². The average molecular weight is 189 g/mol. The first-order valence-electron chi connectivity index (χ1n) is 4.61. The van der Waals surface area contributed by atoms with Gasteiger partial charge >= 0.3 is 0 Å². The van der Waals surface area contributed by atoms with Crippen LogP contribution in [-0.4, -0.2) is 11.7 Å². The van der Waals surface area contributed by atoms with Gasteiger partial charge in [-0.05, 0) is 37.1 Å². The zero-order valence-corrected chi connectivity index (χ0v) is 8.59. The number of hydrogen-bond acceptors (Lipinski definition) is 2. The van der Waals surface area contributed by atoms with Crippen LogP contribution in [0.15, 0.2) is 12.1 Å². The molecule has 2 nitrogen and oxygen atoms in total. The number of nitrogens with two attached hydrogens (primary N) is 1. The van der Waals surface area contributed by atoms with Crippen LogP contribution in [-0.2, 0) is 0 Å². The molecule has 0 atom stereocenters. The predicted molar refractivity (Wildman–Crippen MR) is 58.9 cm³/mol. The van der Waals surface area contributed by atoms with E-state index in [0.717, 1.165) is 22.4 Å². The predicted octanol–water partition coefficient (Wildman–Crippen LogP) is 1.62. The molecular weight excluding hydrogens is 174 g/mol. The second-order valence-corrected chi connectivity index (χ2v) is 3.30. The maximum atomic E-state index is 8.59. The second kappa shape index (κ2) is 4.69. The van der Waals surface area contributed by atoms with E-state index in [2.05, 4.69) is 11.8 Å². The lowest BCUT2D eigenvalue weighted by atomic mass is 10.0. The molecule has 0 aliphatic rings. The summed E-state index contributed by atoms with van der Waals surface area (Å²) in [5.41, 5.74) is 9.68. The molecule has 0 heterocycles. The van der Waals surface area contributed by atoms with Crippen LogP contribution in [0.2, 0.25) is 0 Å². The van der Waals surface area contributed by atoms with E-state index in [1.807, 2.05) is 26.0 Å². The molecule has 0 spiro atoms. The Morgan fingerprint density at radius 2 is 2.00 bits per heavy atom. The Hall–Kier alpha value is -1.46. The van der Waals surface area contributed by atoms with E-state index < -0.39 is 0 Å². The summed E-state index contributed by atoms with van der Waals surface area (Å²) in [6.45, 7) is 4.06. The molecule has 0 saturated heterocycles. The Morgan fingerprint density at radius 3 is 2.64 bits per heavy atom. The lowest BCUT2D eigenvalue weighted by molar-refractivity contribution is 0.305. The minimum Gasteiger partial charge on any atom is -0.399 e. The molecule has 0 unspecified atom stereocenters. The minimum absolute atomic E-state index is 0.111.